The molecule has 3 aromatic carbocycles. The molecule has 10 heteroatoms. The lowest BCUT2D eigenvalue weighted by molar-refractivity contribution is -0.763. The van der Waals surface area contributed by atoms with Crippen LogP contribution in [-0.4, -0.2) is 28.3 Å². The van der Waals surface area contributed by atoms with Crippen molar-refractivity contribution in [3.63, 3.8) is 0 Å². The zero-order chi connectivity index (χ0) is 28.9. The highest BCUT2D eigenvalue weighted by Crippen LogP contribution is 2.42. The number of halogens is 1. The van der Waals surface area contributed by atoms with Gasteiger partial charge in [0.05, 0.1) is 28.4 Å². The first-order valence-corrected chi connectivity index (χ1v) is 15.0. The molecule has 1 unspecified atom stereocenters. The van der Waals surface area contributed by atoms with Gasteiger partial charge in [0.1, 0.15) is 6.61 Å². The Balaban J connectivity index is 1.66. The number of nitrogens with one attached hydrogen (secondary N) is 1. The van der Waals surface area contributed by atoms with Crippen LogP contribution in [0.15, 0.2) is 76.7 Å². The van der Waals surface area contributed by atoms with Crippen LogP contribution in [0.5, 0.6) is 11.5 Å². The van der Waals surface area contributed by atoms with E-state index in [0.717, 1.165) is 24.2 Å². The largest absolute Gasteiger partial charge is 0.490 e. The lowest BCUT2D eigenvalue weighted by Crippen LogP contribution is -2.60. The monoisotopic (exact) mass is 591 g/mol. The number of amides is 1. The number of anilines is 1. The van der Waals surface area contributed by atoms with Gasteiger partial charge in [-0.3, -0.25) is 14.6 Å². The fraction of sp³-hybridized carbons (Fsp3) is 0.290. The number of H-pyrrole nitrogens is 1. The summed E-state index contributed by atoms with van der Waals surface area (Å²) < 4.78 is 13.7. The molecule has 1 N–H and O–H groups in total. The highest BCUT2D eigenvalue weighted by Gasteiger charge is 2.45. The van der Waals surface area contributed by atoms with E-state index in [4.69, 9.17) is 26.2 Å². The van der Waals surface area contributed by atoms with Gasteiger partial charge < -0.3 is 9.47 Å². The highest BCUT2D eigenvalue weighted by atomic mass is 35.5. The van der Waals surface area contributed by atoms with Crippen LogP contribution in [0.4, 0.5) is 5.69 Å². The molecule has 0 aliphatic carbocycles. The van der Waals surface area contributed by atoms with Crippen molar-refractivity contribution in [1.29, 1.82) is 0 Å². The van der Waals surface area contributed by atoms with E-state index < -0.39 is 6.17 Å². The van der Waals surface area contributed by atoms with E-state index in [-0.39, 0.29) is 11.5 Å². The lowest BCUT2D eigenvalue weighted by atomic mass is 10.0. The number of hydrogen-bond donors (Lipinski definition) is 1. The number of ether oxygens (including phenoxy) is 2. The van der Waals surface area contributed by atoms with Crippen molar-refractivity contribution < 1.29 is 19.0 Å². The van der Waals surface area contributed by atoms with Crippen LogP contribution in [-0.2, 0) is 11.4 Å². The quantitative estimate of drug-likeness (QED) is 0.135. The van der Waals surface area contributed by atoms with Gasteiger partial charge in [-0.2, -0.15) is 0 Å². The van der Waals surface area contributed by atoms with E-state index in [9.17, 15) is 9.59 Å². The minimum absolute atomic E-state index is 0.207. The smallest absolute Gasteiger partial charge is 0.325 e. The van der Waals surface area contributed by atoms with E-state index in [1.807, 2.05) is 67.6 Å². The molecule has 0 saturated heterocycles. The van der Waals surface area contributed by atoms with E-state index in [0.29, 0.717) is 57.4 Å². The first kappa shape index (κ1) is 28.7. The summed E-state index contributed by atoms with van der Waals surface area (Å²) in [5.74, 6) is 1.45. The van der Waals surface area contributed by atoms with Gasteiger partial charge in [0.2, 0.25) is 11.1 Å². The molecule has 1 aromatic heterocycles. The third-order valence-corrected chi connectivity index (χ3v) is 7.92. The molecular weight excluding hydrogens is 560 g/mol. The van der Waals surface area contributed by atoms with Crippen molar-refractivity contribution in [3.8, 4) is 22.8 Å². The van der Waals surface area contributed by atoms with Gasteiger partial charge in [-0.05, 0) is 47.9 Å². The van der Waals surface area contributed by atoms with Crippen LogP contribution in [0.25, 0.3) is 11.3 Å². The number of para-hydroxylation sites is 1. The molecule has 8 nitrogen and oxygen atoms in total. The summed E-state index contributed by atoms with van der Waals surface area (Å²) in [5, 5.41) is 5.67. The fourth-order valence-electron chi connectivity index (χ4n) is 4.86. The Labute approximate surface area is 248 Å². The summed E-state index contributed by atoms with van der Waals surface area (Å²) in [6.45, 7) is 6.19. The Morgan fingerprint density at radius 2 is 1.85 bits per heavy atom. The van der Waals surface area contributed by atoms with Gasteiger partial charge in [0.15, 0.2) is 11.5 Å². The summed E-state index contributed by atoms with van der Waals surface area (Å²) in [5.41, 5.74) is 2.94. The predicted molar refractivity (Wildman–Crippen MR) is 161 cm³/mol. The molecule has 41 heavy (non-hydrogen) atoms. The molecule has 0 radical (unpaired) electrons. The molecule has 1 aliphatic rings. The molecule has 1 atom stereocenters. The van der Waals surface area contributed by atoms with Gasteiger partial charge in [-0.25, -0.2) is 4.90 Å². The maximum Gasteiger partial charge on any atom is 0.325 e. The third kappa shape index (κ3) is 5.96. The number of hydrogen-bond acceptors (Lipinski definition) is 6. The van der Waals surface area contributed by atoms with E-state index in [1.165, 1.54) is 18.7 Å². The second-order valence-corrected chi connectivity index (χ2v) is 11.1. The molecule has 0 fully saturated rings. The number of carbonyl (C=O) groups is 1. The first-order valence-electron chi connectivity index (χ1n) is 13.6. The minimum atomic E-state index is -0.787. The minimum Gasteiger partial charge on any atom is -0.490 e. The second kappa shape index (κ2) is 12.8. The molecular formula is C31H32ClN4O4S+. The van der Waals surface area contributed by atoms with Gasteiger partial charge in [0, 0.05) is 17.8 Å². The van der Waals surface area contributed by atoms with Gasteiger partial charge in [-0.1, -0.05) is 79.2 Å². The van der Waals surface area contributed by atoms with Crippen LogP contribution in [0.1, 0.15) is 50.9 Å². The molecule has 2 heterocycles. The van der Waals surface area contributed by atoms with E-state index in [2.05, 4.69) is 11.9 Å². The first-order chi connectivity index (χ1) is 19.9. The van der Waals surface area contributed by atoms with Crippen molar-refractivity contribution in [2.75, 3.05) is 17.3 Å². The maximum absolute atomic E-state index is 13.5. The van der Waals surface area contributed by atoms with E-state index in [1.54, 1.807) is 15.6 Å². The maximum atomic E-state index is 13.5. The summed E-state index contributed by atoms with van der Waals surface area (Å²) in [6, 6.07) is 20.7. The van der Waals surface area contributed by atoms with Crippen LogP contribution >= 0.6 is 23.4 Å². The molecule has 1 amide bonds. The number of carbonyl (C=O) groups excluding carboxylic acids is 1. The van der Waals surface area contributed by atoms with Gasteiger partial charge >= 0.3 is 11.3 Å². The number of benzene rings is 3. The summed E-state index contributed by atoms with van der Waals surface area (Å²) in [7, 11) is 0. The fourth-order valence-corrected chi connectivity index (χ4v) is 6.07. The number of aromatic amines is 1. The molecule has 1 aliphatic heterocycles. The summed E-state index contributed by atoms with van der Waals surface area (Å²) in [4.78, 5) is 31.4. The predicted octanol–water partition coefficient (Wildman–Crippen LogP) is 6.16. The second-order valence-electron chi connectivity index (χ2n) is 9.57. The standard InChI is InChI=1S/C31H31ClN4O4S/c1-4-6-16-41-31-33-29(38)27-23-14-10-11-15-25(23)35(20(3)37)30(36(27)34-31)22-17-24(32)28(26(18-22)39-5-2)40-19-21-12-8-7-9-13-21/h7-15,17-18,30H,4-6,16,19H2,1-3H3/p+1. The SMILES string of the molecule is CCCCSc1n[n+]2c(c(=O)[nH]1)-c1ccccc1N(C(C)=O)C2c1cc(Cl)c(OCc2ccccc2)c(OCC)c1. The number of thioether (sulfide) groups is 1. The highest BCUT2D eigenvalue weighted by molar-refractivity contribution is 7.99. The molecule has 0 saturated carbocycles. The van der Waals surface area contributed by atoms with Crippen LogP contribution in [0, 0.1) is 0 Å². The normalized spacial score (nSPS) is 13.9. The zero-order valence-corrected chi connectivity index (χ0v) is 24.8. The number of rotatable bonds is 10. The van der Waals surface area contributed by atoms with Gasteiger partial charge in [0.25, 0.3) is 6.17 Å². The zero-order valence-electron chi connectivity index (χ0n) is 23.2. The number of aromatic nitrogens is 3. The van der Waals surface area contributed by atoms with Crippen molar-refractivity contribution in [2.45, 2.75) is 51.5 Å². The van der Waals surface area contributed by atoms with Crippen molar-refractivity contribution in [2.24, 2.45) is 0 Å². The molecule has 212 valence electrons. The topological polar surface area (TPSA) is 88.4 Å². The summed E-state index contributed by atoms with van der Waals surface area (Å²) in [6.07, 6.45) is 1.23. The molecule has 4 aromatic rings. The molecule has 5 rings (SSSR count). The van der Waals surface area contributed by atoms with Crippen LogP contribution < -0.4 is 24.6 Å². The Morgan fingerprint density at radius 3 is 2.59 bits per heavy atom. The number of unbranched alkanes of at least 4 members (excludes halogenated alkanes) is 1. The van der Waals surface area contributed by atoms with Crippen LogP contribution in [0.3, 0.4) is 0 Å². The average molecular weight is 592 g/mol. The number of nitrogens with zero attached hydrogens (tertiary/aromatic N) is 3. The Bertz CT molecular complexity index is 1610. The van der Waals surface area contributed by atoms with Crippen molar-refractivity contribution in [3.05, 3.63) is 93.2 Å². The van der Waals surface area contributed by atoms with Crippen molar-refractivity contribution >= 4 is 35.0 Å². The average Bonchev–Trinajstić information content (AvgIpc) is 2.96. The summed E-state index contributed by atoms with van der Waals surface area (Å²) >= 11 is 8.33. The van der Waals surface area contributed by atoms with Crippen molar-refractivity contribution in [1.82, 2.24) is 10.1 Å². The third-order valence-electron chi connectivity index (χ3n) is 6.69. The van der Waals surface area contributed by atoms with Crippen LogP contribution in [0.2, 0.25) is 5.02 Å². The van der Waals surface area contributed by atoms with E-state index >= 15 is 0 Å². The number of fused-ring (bicyclic) bond motifs is 3. The lowest BCUT2D eigenvalue weighted by Gasteiger charge is -2.31. The Kier molecular flexibility index (Phi) is 8.95. The Morgan fingerprint density at radius 1 is 1.10 bits per heavy atom. The molecule has 0 spiro atoms. The van der Waals surface area contributed by atoms with Gasteiger partial charge in [-0.15, -0.1) is 0 Å². The molecule has 0 bridgehead atoms. The Hall–Kier alpha value is -3.82.